The van der Waals surface area contributed by atoms with Gasteiger partial charge in [0, 0.05) is 16.3 Å². The van der Waals surface area contributed by atoms with Crippen molar-refractivity contribution in [2.75, 3.05) is 0 Å². The second-order valence-corrected chi connectivity index (χ2v) is 4.98. The van der Waals surface area contributed by atoms with Gasteiger partial charge in [-0.25, -0.2) is 0 Å². The zero-order chi connectivity index (χ0) is 11.9. The van der Waals surface area contributed by atoms with E-state index in [9.17, 15) is 0 Å². The van der Waals surface area contributed by atoms with Crippen LogP contribution in [0.1, 0.15) is 0 Å². The van der Waals surface area contributed by atoms with E-state index in [1.165, 1.54) is 21.6 Å². The number of nitrogens with zero attached hydrogens (tertiary/aromatic N) is 1. The Morgan fingerprint density at radius 2 is 1.67 bits per heavy atom. The smallest absolute Gasteiger partial charge is 0.134 e. The molecule has 2 aromatic carbocycles. The molecule has 0 saturated carbocycles. The summed E-state index contributed by atoms with van der Waals surface area (Å²) in [5, 5.41) is 2.31. The molecule has 0 saturated heterocycles. The Balaban J connectivity index is 2.08. The molecule has 2 heterocycles. The fourth-order valence-electron chi connectivity index (χ4n) is 2.24. The third-order valence-electron chi connectivity index (χ3n) is 3.11. The molecule has 0 N–H and O–H groups in total. The van der Waals surface area contributed by atoms with Gasteiger partial charge in [0.15, 0.2) is 0 Å². The van der Waals surface area contributed by atoms with E-state index < -0.39 is 0 Å². The lowest BCUT2D eigenvalue weighted by molar-refractivity contribution is 0.617. The molecule has 18 heavy (non-hydrogen) atoms. The molecule has 3 heteroatoms. The lowest BCUT2D eigenvalue weighted by atomic mass is 10.1. The number of para-hydroxylation sites is 1. The fraction of sp³-hybridized carbons (Fsp3) is 0. The van der Waals surface area contributed by atoms with Crippen LogP contribution in [0.15, 0.2) is 59.2 Å². The Labute approximate surface area is 108 Å². The van der Waals surface area contributed by atoms with Crippen LogP contribution in [-0.2, 0) is 0 Å². The largest absolute Gasteiger partial charge is 0.464 e. The van der Waals surface area contributed by atoms with Gasteiger partial charge < -0.3 is 4.42 Å². The Morgan fingerprint density at radius 1 is 0.889 bits per heavy atom. The predicted molar refractivity (Wildman–Crippen MR) is 74.8 cm³/mol. The zero-order valence-electron chi connectivity index (χ0n) is 9.46. The molecule has 0 bridgehead atoms. The molecule has 86 valence electrons. The minimum absolute atomic E-state index is 0.907. The minimum Gasteiger partial charge on any atom is -0.464 e. The highest BCUT2D eigenvalue weighted by Crippen LogP contribution is 2.35. The van der Waals surface area contributed by atoms with Crippen LogP contribution < -0.4 is 0 Å². The van der Waals surface area contributed by atoms with Gasteiger partial charge in [-0.2, -0.15) is 4.37 Å². The van der Waals surface area contributed by atoms with Gasteiger partial charge in [-0.15, -0.1) is 0 Å². The first-order valence-electron chi connectivity index (χ1n) is 5.74. The Morgan fingerprint density at radius 3 is 2.61 bits per heavy atom. The summed E-state index contributed by atoms with van der Waals surface area (Å²) in [5.74, 6) is 0. The van der Waals surface area contributed by atoms with Crippen molar-refractivity contribution >= 4 is 32.6 Å². The molecule has 2 aromatic heterocycles. The van der Waals surface area contributed by atoms with E-state index in [0.717, 1.165) is 22.2 Å². The number of aromatic nitrogens is 1. The van der Waals surface area contributed by atoms with Crippen LogP contribution in [0, 0.1) is 0 Å². The maximum Gasteiger partial charge on any atom is 0.134 e. The van der Waals surface area contributed by atoms with E-state index in [2.05, 4.69) is 22.6 Å². The van der Waals surface area contributed by atoms with Crippen molar-refractivity contribution in [2.24, 2.45) is 0 Å². The number of hydrogen-bond acceptors (Lipinski definition) is 3. The molecular weight excluding hydrogens is 242 g/mol. The van der Waals surface area contributed by atoms with Gasteiger partial charge in [-0.1, -0.05) is 36.4 Å². The maximum atomic E-state index is 5.59. The average molecular weight is 251 g/mol. The van der Waals surface area contributed by atoms with Crippen LogP contribution in [0.3, 0.4) is 0 Å². The topological polar surface area (TPSA) is 26.0 Å². The van der Waals surface area contributed by atoms with Crippen molar-refractivity contribution in [3.63, 3.8) is 0 Å². The molecule has 4 rings (SSSR count). The van der Waals surface area contributed by atoms with Crippen molar-refractivity contribution < 1.29 is 4.42 Å². The van der Waals surface area contributed by atoms with Gasteiger partial charge in [0.2, 0.25) is 0 Å². The second-order valence-electron chi connectivity index (χ2n) is 4.17. The minimum atomic E-state index is 0.907. The lowest BCUT2D eigenvalue weighted by Gasteiger charge is -1.94. The summed E-state index contributed by atoms with van der Waals surface area (Å²) in [6.07, 6.45) is 1.80. The fourth-order valence-corrected chi connectivity index (χ4v) is 3.03. The van der Waals surface area contributed by atoms with Gasteiger partial charge in [-0.3, -0.25) is 0 Å². The predicted octanol–water partition coefficient (Wildman–Crippen LogP) is 4.71. The number of fused-ring (bicyclic) bond motifs is 2. The van der Waals surface area contributed by atoms with E-state index in [0.29, 0.717) is 0 Å². The molecule has 0 radical (unpaired) electrons. The van der Waals surface area contributed by atoms with E-state index in [-0.39, 0.29) is 0 Å². The van der Waals surface area contributed by atoms with Gasteiger partial charge >= 0.3 is 0 Å². The number of furan rings is 1. The SMILES string of the molecule is c1ccc2c(-c3nsc4ccccc34)coc2c1. The van der Waals surface area contributed by atoms with Crippen LogP contribution in [0.4, 0.5) is 0 Å². The van der Waals surface area contributed by atoms with Crippen LogP contribution >= 0.6 is 11.5 Å². The lowest BCUT2D eigenvalue weighted by Crippen LogP contribution is -1.75. The molecule has 0 aliphatic rings. The summed E-state index contributed by atoms with van der Waals surface area (Å²) in [6, 6.07) is 16.3. The van der Waals surface area contributed by atoms with E-state index in [4.69, 9.17) is 4.42 Å². The van der Waals surface area contributed by atoms with Crippen LogP contribution in [0.5, 0.6) is 0 Å². The number of benzene rings is 2. The molecule has 0 fully saturated rings. The Hall–Kier alpha value is -2.13. The van der Waals surface area contributed by atoms with Crippen molar-refractivity contribution in [2.45, 2.75) is 0 Å². The van der Waals surface area contributed by atoms with Gasteiger partial charge in [0.05, 0.1) is 10.4 Å². The van der Waals surface area contributed by atoms with E-state index in [1.54, 1.807) is 6.26 Å². The summed E-state index contributed by atoms with van der Waals surface area (Å²) < 4.78 is 11.4. The zero-order valence-corrected chi connectivity index (χ0v) is 10.3. The first-order valence-corrected chi connectivity index (χ1v) is 6.52. The average Bonchev–Trinajstić information content (AvgIpc) is 3.01. The Kier molecular flexibility index (Phi) is 2.02. The molecule has 0 aliphatic carbocycles. The van der Waals surface area contributed by atoms with Crippen LogP contribution in [-0.4, -0.2) is 4.37 Å². The quantitative estimate of drug-likeness (QED) is 0.489. The van der Waals surface area contributed by atoms with E-state index in [1.807, 2.05) is 30.3 Å². The van der Waals surface area contributed by atoms with E-state index >= 15 is 0 Å². The van der Waals surface area contributed by atoms with Crippen LogP contribution in [0.2, 0.25) is 0 Å². The number of hydrogen-bond donors (Lipinski definition) is 0. The van der Waals surface area contributed by atoms with Crippen LogP contribution in [0.25, 0.3) is 32.3 Å². The van der Waals surface area contributed by atoms with Crippen molar-refractivity contribution in [1.82, 2.24) is 4.37 Å². The molecule has 0 amide bonds. The highest BCUT2D eigenvalue weighted by atomic mass is 32.1. The summed E-state index contributed by atoms with van der Waals surface area (Å²) >= 11 is 1.53. The molecule has 0 atom stereocenters. The summed E-state index contributed by atoms with van der Waals surface area (Å²) in [7, 11) is 0. The second kappa shape index (κ2) is 3.68. The van der Waals surface area contributed by atoms with Crippen molar-refractivity contribution in [1.29, 1.82) is 0 Å². The summed E-state index contributed by atoms with van der Waals surface area (Å²) in [6.45, 7) is 0. The van der Waals surface area contributed by atoms with Gasteiger partial charge in [-0.05, 0) is 23.7 Å². The van der Waals surface area contributed by atoms with Crippen molar-refractivity contribution in [3.8, 4) is 11.3 Å². The Bertz CT molecular complexity index is 772. The maximum absolute atomic E-state index is 5.59. The third-order valence-corrected chi connectivity index (χ3v) is 3.94. The first kappa shape index (κ1) is 9.85. The standard InChI is InChI=1S/C15H9NOS/c1-3-7-13-10(5-1)12(9-17-13)15-11-6-2-4-8-14(11)18-16-15/h1-9H. The highest BCUT2D eigenvalue weighted by molar-refractivity contribution is 7.13. The first-order chi connectivity index (χ1) is 8.93. The van der Waals surface area contributed by atoms with Crippen molar-refractivity contribution in [3.05, 3.63) is 54.8 Å². The van der Waals surface area contributed by atoms with Gasteiger partial charge in [0.25, 0.3) is 0 Å². The normalized spacial score (nSPS) is 11.3. The molecule has 0 spiro atoms. The number of rotatable bonds is 1. The monoisotopic (exact) mass is 251 g/mol. The summed E-state index contributed by atoms with van der Waals surface area (Å²) in [4.78, 5) is 0. The molecule has 2 nitrogen and oxygen atoms in total. The summed E-state index contributed by atoms with van der Waals surface area (Å²) in [5.41, 5.74) is 2.99. The van der Waals surface area contributed by atoms with Gasteiger partial charge in [0.1, 0.15) is 11.8 Å². The molecule has 0 unspecified atom stereocenters. The molecule has 0 aliphatic heterocycles. The highest BCUT2D eigenvalue weighted by Gasteiger charge is 2.13. The third kappa shape index (κ3) is 1.31. The molecule has 4 aromatic rings. The molecular formula is C15H9NOS.